The Bertz CT molecular complexity index is 1040. The molecule has 1 amide bonds. The molecule has 0 spiro atoms. The number of aromatic amines is 1. The number of amides is 1. The van der Waals surface area contributed by atoms with Gasteiger partial charge in [0.05, 0.1) is 30.6 Å². The Morgan fingerprint density at radius 3 is 2.71 bits per heavy atom. The zero-order valence-corrected chi connectivity index (χ0v) is 20.0. The average molecular weight is 480 g/mol. The number of methoxy groups -OCH3 is 1. The van der Waals surface area contributed by atoms with Gasteiger partial charge in [-0.1, -0.05) is 0 Å². The summed E-state index contributed by atoms with van der Waals surface area (Å²) in [4.78, 5) is 24.8. The van der Waals surface area contributed by atoms with E-state index < -0.39 is 22.9 Å². The first-order valence-electron chi connectivity index (χ1n) is 11.3. The monoisotopic (exact) mass is 479 g/mol. The number of nitrogens with zero attached hydrogens (tertiary/aromatic N) is 5. The van der Waals surface area contributed by atoms with Crippen molar-refractivity contribution in [2.75, 3.05) is 45.8 Å². The first-order chi connectivity index (χ1) is 16.2. The van der Waals surface area contributed by atoms with E-state index in [1.54, 1.807) is 7.11 Å². The number of anilines is 2. The van der Waals surface area contributed by atoms with Crippen molar-refractivity contribution in [1.29, 1.82) is 0 Å². The predicted octanol–water partition coefficient (Wildman–Crippen LogP) is 2.51. The molecule has 0 aromatic carbocycles. The van der Waals surface area contributed by atoms with E-state index in [9.17, 15) is 9.18 Å². The maximum atomic E-state index is 15.6. The van der Waals surface area contributed by atoms with E-state index in [2.05, 4.69) is 25.5 Å². The number of halogens is 2. The van der Waals surface area contributed by atoms with Crippen molar-refractivity contribution < 1.29 is 23.0 Å². The lowest BCUT2D eigenvalue weighted by Crippen LogP contribution is -2.54. The van der Waals surface area contributed by atoms with Crippen LogP contribution in [-0.4, -0.2) is 82.0 Å². The molecule has 0 bridgehead atoms. The van der Waals surface area contributed by atoms with E-state index in [1.807, 2.05) is 25.8 Å². The van der Waals surface area contributed by atoms with Crippen LogP contribution in [0.2, 0.25) is 0 Å². The number of nitrogens with one attached hydrogen (secondary N) is 2. The van der Waals surface area contributed by atoms with Crippen LogP contribution in [0.5, 0.6) is 6.01 Å². The predicted molar refractivity (Wildman–Crippen MR) is 120 cm³/mol. The van der Waals surface area contributed by atoms with E-state index in [1.165, 1.54) is 4.90 Å². The molecular formula is C22H31F2N7O3. The molecule has 2 N–H and O–H groups in total. The van der Waals surface area contributed by atoms with Crippen LogP contribution in [-0.2, 0) is 21.6 Å². The smallest absolute Gasteiger partial charge is 0.318 e. The van der Waals surface area contributed by atoms with Gasteiger partial charge in [-0.15, -0.1) is 0 Å². The van der Waals surface area contributed by atoms with Crippen LogP contribution in [0, 0.1) is 5.82 Å². The highest BCUT2D eigenvalue weighted by molar-refractivity contribution is 5.87. The highest BCUT2D eigenvalue weighted by Crippen LogP contribution is 2.44. The van der Waals surface area contributed by atoms with Crippen molar-refractivity contribution in [2.24, 2.45) is 0 Å². The number of H-pyrrole nitrogens is 1. The molecule has 34 heavy (non-hydrogen) atoms. The third-order valence-electron chi connectivity index (χ3n) is 6.56. The van der Waals surface area contributed by atoms with Crippen molar-refractivity contribution >= 4 is 17.5 Å². The third kappa shape index (κ3) is 4.56. The Hall–Kier alpha value is -2.86. The molecule has 2 aromatic heterocycles. The van der Waals surface area contributed by atoms with Crippen LogP contribution >= 0.6 is 0 Å². The van der Waals surface area contributed by atoms with E-state index in [4.69, 9.17) is 9.47 Å². The molecule has 0 aliphatic carbocycles. The van der Waals surface area contributed by atoms with Crippen LogP contribution in [0.15, 0.2) is 6.20 Å². The second-order valence-corrected chi connectivity index (χ2v) is 9.31. The zero-order valence-electron chi connectivity index (χ0n) is 20.0. The molecular weight excluding hydrogens is 448 g/mol. The molecule has 1 saturated heterocycles. The number of fused-ring (bicyclic) bond motifs is 1. The summed E-state index contributed by atoms with van der Waals surface area (Å²) in [6, 6.07) is 0.0194. The molecule has 0 atom stereocenters. The minimum absolute atomic E-state index is 0.0194. The number of carbonyl (C=O) groups is 1. The van der Waals surface area contributed by atoms with Gasteiger partial charge in [0.1, 0.15) is 0 Å². The van der Waals surface area contributed by atoms with E-state index in [-0.39, 0.29) is 31.2 Å². The van der Waals surface area contributed by atoms with Gasteiger partial charge in [-0.3, -0.25) is 9.89 Å². The summed E-state index contributed by atoms with van der Waals surface area (Å²) in [5.74, 6) is -0.996. The second kappa shape index (κ2) is 9.41. The maximum Gasteiger partial charge on any atom is 0.318 e. The van der Waals surface area contributed by atoms with Gasteiger partial charge in [0, 0.05) is 51.6 Å². The fourth-order valence-electron chi connectivity index (χ4n) is 4.36. The number of aromatic nitrogens is 4. The molecule has 0 unspecified atom stereocenters. The minimum atomic E-state index is -1.90. The molecule has 0 saturated carbocycles. The third-order valence-corrected chi connectivity index (χ3v) is 6.56. The zero-order chi connectivity index (χ0) is 24.5. The first kappa shape index (κ1) is 24.3. The SMILES string of the molecule is COCCCOc1ncc(F)c(Nc2n[nH]c3c2CN(C(=O)C2(F)CCN(C)CC2)C3(C)C)n1. The fraction of sp³-hybridized carbons (Fsp3) is 0.636. The minimum Gasteiger partial charge on any atom is -0.463 e. The molecule has 12 heteroatoms. The fourth-order valence-corrected chi connectivity index (χ4v) is 4.36. The molecule has 2 aliphatic heterocycles. The lowest BCUT2D eigenvalue weighted by Gasteiger charge is -2.40. The van der Waals surface area contributed by atoms with Gasteiger partial charge in [0.15, 0.2) is 23.1 Å². The van der Waals surface area contributed by atoms with Gasteiger partial charge in [-0.2, -0.15) is 10.1 Å². The molecule has 0 radical (unpaired) electrons. The van der Waals surface area contributed by atoms with Crippen molar-refractivity contribution in [3.63, 3.8) is 0 Å². The van der Waals surface area contributed by atoms with Gasteiger partial charge in [-0.25, -0.2) is 13.8 Å². The van der Waals surface area contributed by atoms with Crippen LogP contribution < -0.4 is 10.1 Å². The number of rotatable bonds is 8. The average Bonchev–Trinajstić information content (AvgIpc) is 3.33. The summed E-state index contributed by atoms with van der Waals surface area (Å²) in [6.07, 6.45) is 1.97. The Balaban J connectivity index is 1.51. The van der Waals surface area contributed by atoms with Crippen LogP contribution in [0.25, 0.3) is 0 Å². The Morgan fingerprint density at radius 2 is 2.00 bits per heavy atom. The highest BCUT2D eigenvalue weighted by atomic mass is 19.1. The van der Waals surface area contributed by atoms with Gasteiger partial charge in [0.25, 0.3) is 5.91 Å². The molecule has 10 nitrogen and oxygen atoms in total. The Labute approximate surface area is 197 Å². The summed E-state index contributed by atoms with van der Waals surface area (Å²) in [6.45, 7) is 5.73. The lowest BCUT2D eigenvalue weighted by atomic mass is 9.90. The quantitative estimate of drug-likeness (QED) is 0.556. The van der Waals surface area contributed by atoms with Crippen molar-refractivity contribution in [1.82, 2.24) is 30.0 Å². The number of carbonyl (C=O) groups excluding carboxylic acids is 1. The summed E-state index contributed by atoms with van der Waals surface area (Å²) < 4.78 is 40.4. The standard InChI is InChI=1S/C22H31F2N7O3/c1-21(2)16-14(13-31(21)19(32)22(24)6-8-30(3)9-7-22)17(29-28-16)26-18-15(23)12-25-20(27-18)34-11-5-10-33-4/h12H,5-11,13H2,1-4H3,(H2,25,26,27,28,29). The van der Waals surface area contributed by atoms with Gasteiger partial charge < -0.3 is 24.6 Å². The number of piperidine rings is 1. The van der Waals surface area contributed by atoms with Crippen LogP contribution in [0.4, 0.5) is 20.4 Å². The molecule has 4 rings (SSSR count). The summed E-state index contributed by atoms with van der Waals surface area (Å²) in [7, 11) is 3.51. The molecule has 2 aliphatic rings. The number of hydrogen-bond donors (Lipinski definition) is 2. The van der Waals surface area contributed by atoms with Crippen molar-refractivity contribution in [3.05, 3.63) is 23.3 Å². The highest BCUT2D eigenvalue weighted by Gasteiger charge is 2.51. The van der Waals surface area contributed by atoms with Crippen LogP contribution in [0.1, 0.15) is 44.4 Å². The van der Waals surface area contributed by atoms with E-state index in [0.717, 1.165) is 6.20 Å². The Morgan fingerprint density at radius 1 is 1.26 bits per heavy atom. The topological polar surface area (TPSA) is 108 Å². The summed E-state index contributed by atoms with van der Waals surface area (Å²) in [5, 5.41) is 10.1. The van der Waals surface area contributed by atoms with Gasteiger partial charge in [0.2, 0.25) is 0 Å². The molecule has 2 aromatic rings. The van der Waals surface area contributed by atoms with Gasteiger partial charge >= 0.3 is 6.01 Å². The first-order valence-corrected chi connectivity index (χ1v) is 11.3. The van der Waals surface area contributed by atoms with Gasteiger partial charge in [-0.05, 0) is 20.9 Å². The lowest BCUT2D eigenvalue weighted by molar-refractivity contribution is -0.153. The summed E-state index contributed by atoms with van der Waals surface area (Å²) >= 11 is 0. The summed E-state index contributed by atoms with van der Waals surface area (Å²) in [5.41, 5.74) is -1.37. The van der Waals surface area contributed by atoms with E-state index >= 15 is 4.39 Å². The van der Waals surface area contributed by atoms with E-state index in [0.29, 0.717) is 49.8 Å². The van der Waals surface area contributed by atoms with Crippen molar-refractivity contribution in [2.45, 2.75) is 50.9 Å². The molecule has 1 fully saturated rings. The van der Waals surface area contributed by atoms with Crippen molar-refractivity contribution in [3.8, 4) is 6.01 Å². The second-order valence-electron chi connectivity index (χ2n) is 9.31. The van der Waals surface area contributed by atoms with Crippen LogP contribution in [0.3, 0.4) is 0 Å². The number of likely N-dealkylation sites (tertiary alicyclic amines) is 1. The molecule has 4 heterocycles. The maximum absolute atomic E-state index is 15.6. The Kier molecular flexibility index (Phi) is 6.72. The largest absolute Gasteiger partial charge is 0.463 e. The number of hydrogen-bond acceptors (Lipinski definition) is 8. The number of alkyl halides is 1. The normalized spacial score (nSPS) is 19.2. The molecule has 186 valence electrons. The number of ether oxygens (including phenoxy) is 2.